The summed E-state index contributed by atoms with van der Waals surface area (Å²) in [5.74, 6) is 3.55. The maximum Gasteiger partial charge on any atom is -0.0227 e. The van der Waals surface area contributed by atoms with Crippen molar-refractivity contribution in [2.75, 3.05) is 0 Å². The summed E-state index contributed by atoms with van der Waals surface area (Å²) in [6.45, 7) is 2.60. The summed E-state index contributed by atoms with van der Waals surface area (Å²) in [4.78, 5) is 0. The van der Waals surface area contributed by atoms with Gasteiger partial charge in [-0.1, -0.05) is 32.6 Å². The molecule has 1 spiro atoms. The second-order valence-corrected chi connectivity index (χ2v) is 6.88. The lowest BCUT2D eigenvalue weighted by atomic mass is 9.87. The second kappa shape index (κ2) is 2.23. The van der Waals surface area contributed by atoms with Gasteiger partial charge in [0.05, 0.1) is 0 Å². The molecule has 0 aliphatic heterocycles. The van der Waals surface area contributed by atoms with Crippen molar-refractivity contribution in [2.24, 2.45) is 28.6 Å². The highest BCUT2D eigenvalue weighted by Gasteiger charge is 2.81. The Kier molecular flexibility index (Phi) is 1.30. The zero-order valence-corrected chi connectivity index (χ0v) is 9.39. The van der Waals surface area contributed by atoms with Gasteiger partial charge in [-0.2, -0.15) is 0 Å². The van der Waals surface area contributed by atoms with Crippen LogP contribution in [0.1, 0.15) is 58.3 Å². The number of hydrogen-bond donors (Lipinski definition) is 0. The molecular formula is C14H22. The van der Waals surface area contributed by atoms with E-state index in [9.17, 15) is 0 Å². The third-order valence-corrected chi connectivity index (χ3v) is 6.35. The van der Waals surface area contributed by atoms with Crippen LogP contribution in [-0.4, -0.2) is 0 Å². The molecule has 4 saturated carbocycles. The Balaban J connectivity index is 1.63. The van der Waals surface area contributed by atoms with Crippen molar-refractivity contribution in [1.82, 2.24) is 0 Å². The Bertz CT molecular complexity index is 282. The summed E-state index contributed by atoms with van der Waals surface area (Å²) in [5, 5.41) is 0. The topological polar surface area (TPSA) is 0 Å². The molecule has 5 atom stereocenters. The molecule has 4 aliphatic carbocycles. The van der Waals surface area contributed by atoms with Crippen LogP contribution in [0.4, 0.5) is 0 Å². The van der Waals surface area contributed by atoms with E-state index in [-0.39, 0.29) is 0 Å². The van der Waals surface area contributed by atoms with Crippen molar-refractivity contribution in [3.63, 3.8) is 0 Å². The van der Waals surface area contributed by atoms with E-state index in [1.165, 1.54) is 30.6 Å². The van der Waals surface area contributed by atoms with Crippen LogP contribution >= 0.6 is 0 Å². The van der Waals surface area contributed by atoms with E-state index in [4.69, 9.17) is 0 Å². The molecule has 0 heteroatoms. The standard InChI is InChI=1S/C14H22/c1-13-8-10(13)9-14-7-5-3-2-4-6-11(14)12(13)14/h10-12H,2-9H2,1H3/t10-,11+,12+,13-,14?/m1/s1. The molecule has 4 rings (SSSR count). The first-order valence-electron chi connectivity index (χ1n) is 6.77. The Labute approximate surface area is 87.5 Å². The molecule has 14 heavy (non-hydrogen) atoms. The quantitative estimate of drug-likeness (QED) is 0.541. The van der Waals surface area contributed by atoms with Gasteiger partial charge in [0, 0.05) is 0 Å². The highest BCUT2D eigenvalue weighted by atomic mass is 14.9. The van der Waals surface area contributed by atoms with E-state index in [0.717, 1.165) is 10.8 Å². The van der Waals surface area contributed by atoms with E-state index >= 15 is 0 Å². The molecule has 0 N–H and O–H groups in total. The first kappa shape index (κ1) is 8.19. The smallest absolute Gasteiger partial charge is 0.0227 e. The monoisotopic (exact) mass is 190 g/mol. The van der Waals surface area contributed by atoms with Gasteiger partial charge in [0.1, 0.15) is 0 Å². The van der Waals surface area contributed by atoms with Gasteiger partial charge in [-0.15, -0.1) is 0 Å². The normalized spacial score (nSPS) is 64.5. The Morgan fingerprint density at radius 3 is 2.79 bits per heavy atom. The molecule has 1 unspecified atom stereocenters. The predicted molar refractivity (Wildman–Crippen MR) is 57.9 cm³/mol. The first-order valence-corrected chi connectivity index (χ1v) is 6.77. The highest BCUT2D eigenvalue weighted by Crippen LogP contribution is 2.87. The summed E-state index contributed by atoms with van der Waals surface area (Å²) in [5.41, 5.74) is 1.77. The maximum atomic E-state index is 2.60. The van der Waals surface area contributed by atoms with Gasteiger partial charge < -0.3 is 0 Å². The molecule has 0 bridgehead atoms. The second-order valence-electron chi connectivity index (χ2n) is 6.88. The lowest BCUT2D eigenvalue weighted by Gasteiger charge is -2.18. The molecule has 4 fully saturated rings. The Hall–Kier alpha value is 0. The van der Waals surface area contributed by atoms with Crippen LogP contribution in [0.3, 0.4) is 0 Å². The lowest BCUT2D eigenvalue weighted by Crippen LogP contribution is -2.07. The average molecular weight is 190 g/mol. The molecule has 0 radical (unpaired) electrons. The van der Waals surface area contributed by atoms with Crippen molar-refractivity contribution in [1.29, 1.82) is 0 Å². The molecule has 0 amide bonds. The van der Waals surface area contributed by atoms with E-state index in [0.29, 0.717) is 0 Å². The van der Waals surface area contributed by atoms with Gasteiger partial charge in [0.25, 0.3) is 0 Å². The maximum absolute atomic E-state index is 2.60. The fourth-order valence-electron chi connectivity index (χ4n) is 5.66. The van der Waals surface area contributed by atoms with Crippen molar-refractivity contribution in [2.45, 2.75) is 58.3 Å². The van der Waals surface area contributed by atoms with Gasteiger partial charge in [-0.05, 0) is 54.3 Å². The zero-order chi connectivity index (χ0) is 9.39. The number of fused-ring (bicyclic) bond motifs is 3. The van der Waals surface area contributed by atoms with Gasteiger partial charge in [0.15, 0.2) is 0 Å². The first-order chi connectivity index (χ1) is 6.77. The van der Waals surface area contributed by atoms with Crippen molar-refractivity contribution in [3.05, 3.63) is 0 Å². The van der Waals surface area contributed by atoms with Gasteiger partial charge in [0.2, 0.25) is 0 Å². The van der Waals surface area contributed by atoms with E-state index < -0.39 is 0 Å². The van der Waals surface area contributed by atoms with Crippen molar-refractivity contribution in [3.8, 4) is 0 Å². The molecule has 78 valence electrons. The molecule has 4 aliphatic rings. The fourth-order valence-corrected chi connectivity index (χ4v) is 5.66. The van der Waals surface area contributed by atoms with Crippen molar-refractivity contribution < 1.29 is 0 Å². The van der Waals surface area contributed by atoms with Gasteiger partial charge in [-0.3, -0.25) is 0 Å². The number of hydrogen-bond acceptors (Lipinski definition) is 0. The summed E-state index contributed by atoms with van der Waals surface area (Å²) in [6, 6.07) is 0. The minimum absolute atomic E-state index is 0.856. The summed E-state index contributed by atoms with van der Waals surface area (Å²) < 4.78 is 0. The molecule has 0 aromatic rings. The van der Waals surface area contributed by atoms with Crippen molar-refractivity contribution >= 4 is 0 Å². The van der Waals surface area contributed by atoms with Crippen LogP contribution in [0.2, 0.25) is 0 Å². The fraction of sp³-hybridized carbons (Fsp3) is 1.00. The summed E-state index contributed by atoms with van der Waals surface area (Å²) >= 11 is 0. The zero-order valence-electron chi connectivity index (χ0n) is 9.39. The molecule has 0 aromatic carbocycles. The lowest BCUT2D eigenvalue weighted by molar-refractivity contribution is 0.328. The third kappa shape index (κ3) is 0.750. The Morgan fingerprint density at radius 1 is 1.00 bits per heavy atom. The van der Waals surface area contributed by atoms with Crippen LogP contribution in [0.15, 0.2) is 0 Å². The van der Waals surface area contributed by atoms with Crippen LogP contribution in [0, 0.1) is 28.6 Å². The van der Waals surface area contributed by atoms with Crippen LogP contribution in [0.5, 0.6) is 0 Å². The van der Waals surface area contributed by atoms with E-state index in [1.807, 2.05) is 0 Å². The van der Waals surface area contributed by atoms with Gasteiger partial charge >= 0.3 is 0 Å². The van der Waals surface area contributed by atoms with Crippen LogP contribution in [-0.2, 0) is 0 Å². The highest BCUT2D eigenvalue weighted by molar-refractivity contribution is 5.29. The molecular weight excluding hydrogens is 168 g/mol. The third-order valence-electron chi connectivity index (χ3n) is 6.35. The van der Waals surface area contributed by atoms with E-state index in [2.05, 4.69) is 6.92 Å². The van der Waals surface area contributed by atoms with Crippen LogP contribution < -0.4 is 0 Å². The minimum atomic E-state index is 0.856. The molecule has 0 heterocycles. The van der Waals surface area contributed by atoms with Crippen LogP contribution in [0.25, 0.3) is 0 Å². The Morgan fingerprint density at radius 2 is 1.86 bits per heavy atom. The molecule has 0 saturated heterocycles. The number of rotatable bonds is 0. The SMILES string of the molecule is C[C@@]12C[C@@H]1CC13CCCCCC[C@H]1[C@H]32. The van der Waals surface area contributed by atoms with E-state index in [1.54, 1.807) is 38.5 Å². The molecule has 0 aromatic heterocycles. The summed E-state index contributed by atoms with van der Waals surface area (Å²) in [6.07, 6.45) is 12.6. The minimum Gasteiger partial charge on any atom is -0.0591 e. The average Bonchev–Trinajstić information content (AvgIpc) is 2.91. The van der Waals surface area contributed by atoms with Gasteiger partial charge in [-0.25, -0.2) is 0 Å². The largest absolute Gasteiger partial charge is 0.0591 e. The molecule has 0 nitrogen and oxygen atoms in total. The predicted octanol–water partition coefficient (Wildman–Crippen LogP) is 4.00. The summed E-state index contributed by atoms with van der Waals surface area (Å²) in [7, 11) is 0.